The molecule has 0 atom stereocenters. The topological polar surface area (TPSA) is 68.2 Å². The minimum atomic E-state index is -0.339. The number of nitrogens with zero attached hydrogens (tertiary/aromatic N) is 2. The zero-order chi connectivity index (χ0) is 19.4. The molecule has 1 heterocycles. The highest BCUT2D eigenvalue weighted by molar-refractivity contribution is 6.35. The maximum atomic E-state index is 12.2. The number of halogens is 2. The molecule has 6 nitrogen and oxygen atoms in total. The summed E-state index contributed by atoms with van der Waals surface area (Å²) in [5.41, 5.74) is 2.79. The molecule has 0 saturated heterocycles. The van der Waals surface area contributed by atoms with Crippen molar-refractivity contribution in [3.63, 3.8) is 0 Å². The van der Waals surface area contributed by atoms with E-state index in [4.69, 9.17) is 27.9 Å². The highest BCUT2D eigenvalue weighted by Gasteiger charge is 2.15. The van der Waals surface area contributed by atoms with Crippen LogP contribution in [0.4, 0.5) is 16.2 Å². The molecule has 0 aliphatic heterocycles. The Kier molecular flexibility index (Phi) is 5.88. The van der Waals surface area contributed by atoms with Gasteiger partial charge in [-0.3, -0.25) is 0 Å². The van der Waals surface area contributed by atoms with E-state index in [1.54, 1.807) is 22.9 Å². The Balaban J connectivity index is 1.68. The van der Waals surface area contributed by atoms with Gasteiger partial charge < -0.3 is 15.4 Å². The number of amides is 2. The lowest BCUT2D eigenvalue weighted by Crippen LogP contribution is -2.20. The fraction of sp³-hybridized carbons (Fsp3) is 0.158. The average molecular weight is 405 g/mol. The summed E-state index contributed by atoms with van der Waals surface area (Å²) in [6, 6.07) is 13.9. The predicted octanol–water partition coefficient (Wildman–Crippen LogP) is 5.49. The maximum Gasteiger partial charge on any atom is 0.323 e. The standard InChI is InChI=1S/C19H18Cl2N4O2/c1-12-18(23-19(26)22-15-6-4-3-5-7-15)13(2)25(24-12)11-27-17-9-8-14(20)10-16(17)21/h3-10H,11H2,1-2H3,(H2,22,23,26). The molecule has 0 aliphatic carbocycles. The van der Waals surface area contributed by atoms with Crippen LogP contribution in [0.1, 0.15) is 11.4 Å². The average Bonchev–Trinajstić information content (AvgIpc) is 2.89. The number of hydrogen-bond acceptors (Lipinski definition) is 3. The summed E-state index contributed by atoms with van der Waals surface area (Å²) in [6.07, 6.45) is 0. The number of rotatable bonds is 5. The molecular weight excluding hydrogens is 387 g/mol. The highest BCUT2D eigenvalue weighted by Crippen LogP contribution is 2.28. The Bertz CT molecular complexity index is 958. The molecule has 0 bridgehead atoms. The van der Waals surface area contributed by atoms with E-state index < -0.39 is 0 Å². The van der Waals surface area contributed by atoms with E-state index in [-0.39, 0.29) is 12.8 Å². The first-order valence-corrected chi connectivity index (χ1v) is 8.94. The predicted molar refractivity (Wildman–Crippen MR) is 108 cm³/mol. The lowest BCUT2D eigenvalue weighted by atomic mass is 10.3. The molecule has 0 saturated carbocycles. The Morgan fingerprint density at radius 2 is 1.85 bits per heavy atom. The summed E-state index contributed by atoms with van der Waals surface area (Å²) < 4.78 is 7.36. The summed E-state index contributed by atoms with van der Waals surface area (Å²) in [7, 11) is 0. The van der Waals surface area contributed by atoms with Crippen LogP contribution in [0, 0.1) is 13.8 Å². The number of carbonyl (C=O) groups is 1. The number of aryl methyl sites for hydroxylation is 1. The van der Waals surface area contributed by atoms with E-state index in [9.17, 15) is 4.79 Å². The highest BCUT2D eigenvalue weighted by atomic mass is 35.5. The van der Waals surface area contributed by atoms with Gasteiger partial charge in [-0.05, 0) is 44.2 Å². The number of hydrogen-bond donors (Lipinski definition) is 2. The zero-order valence-electron chi connectivity index (χ0n) is 14.8. The second-order valence-electron chi connectivity index (χ2n) is 5.84. The number of para-hydroxylation sites is 1. The molecule has 3 rings (SSSR count). The molecule has 3 aromatic rings. The van der Waals surface area contributed by atoms with Gasteiger partial charge in [0.05, 0.1) is 22.1 Å². The summed E-state index contributed by atoms with van der Waals surface area (Å²) in [4.78, 5) is 12.2. The first-order valence-electron chi connectivity index (χ1n) is 8.19. The van der Waals surface area contributed by atoms with E-state index in [0.717, 1.165) is 5.69 Å². The molecule has 1 aromatic heterocycles. The Morgan fingerprint density at radius 3 is 2.56 bits per heavy atom. The van der Waals surface area contributed by atoms with E-state index in [0.29, 0.717) is 32.9 Å². The molecule has 0 spiro atoms. The van der Waals surface area contributed by atoms with Gasteiger partial charge in [-0.25, -0.2) is 9.48 Å². The third-order valence-electron chi connectivity index (χ3n) is 3.89. The molecule has 2 aromatic carbocycles. The molecule has 0 fully saturated rings. The molecule has 0 unspecified atom stereocenters. The lowest BCUT2D eigenvalue weighted by Gasteiger charge is -2.10. The molecule has 0 aliphatic rings. The van der Waals surface area contributed by atoms with Crippen molar-refractivity contribution in [3.05, 3.63) is 70.0 Å². The van der Waals surface area contributed by atoms with Crippen LogP contribution in [0.3, 0.4) is 0 Å². The third-order valence-corrected chi connectivity index (χ3v) is 4.42. The van der Waals surface area contributed by atoms with Gasteiger partial charge in [0.15, 0.2) is 6.73 Å². The second-order valence-corrected chi connectivity index (χ2v) is 6.68. The van der Waals surface area contributed by atoms with Crippen LogP contribution in [-0.4, -0.2) is 15.8 Å². The molecule has 2 N–H and O–H groups in total. The van der Waals surface area contributed by atoms with Gasteiger partial charge >= 0.3 is 6.03 Å². The first-order chi connectivity index (χ1) is 12.9. The molecule has 27 heavy (non-hydrogen) atoms. The SMILES string of the molecule is Cc1nn(COc2ccc(Cl)cc2Cl)c(C)c1NC(=O)Nc1ccccc1. The third kappa shape index (κ3) is 4.72. The number of ether oxygens (including phenoxy) is 1. The monoisotopic (exact) mass is 404 g/mol. The van der Waals surface area contributed by atoms with Crippen LogP contribution in [0.25, 0.3) is 0 Å². The van der Waals surface area contributed by atoms with Crippen LogP contribution >= 0.6 is 23.2 Å². The van der Waals surface area contributed by atoms with Crippen molar-refractivity contribution in [2.24, 2.45) is 0 Å². The van der Waals surface area contributed by atoms with Gasteiger partial charge in [-0.1, -0.05) is 41.4 Å². The largest absolute Gasteiger partial charge is 0.470 e. The number of aromatic nitrogens is 2. The second kappa shape index (κ2) is 8.33. The van der Waals surface area contributed by atoms with E-state index in [1.165, 1.54) is 0 Å². The van der Waals surface area contributed by atoms with Crippen LogP contribution in [-0.2, 0) is 6.73 Å². The van der Waals surface area contributed by atoms with Gasteiger partial charge in [0, 0.05) is 10.7 Å². The fourth-order valence-corrected chi connectivity index (χ4v) is 2.99. The minimum absolute atomic E-state index is 0.149. The normalized spacial score (nSPS) is 10.5. The van der Waals surface area contributed by atoms with Crippen molar-refractivity contribution in [3.8, 4) is 5.75 Å². The number of benzene rings is 2. The van der Waals surface area contributed by atoms with Gasteiger partial charge in [0.25, 0.3) is 0 Å². The summed E-state index contributed by atoms with van der Waals surface area (Å²) in [5, 5.41) is 11.0. The van der Waals surface area contributed by atoms with Crippen molar-refractivity contribution in [2.45, 2.75) is 20.6 Å². The molecule has 140 valence electrons. The van der Waals surface area contributed by atoms with Crippen molar-refractivity contribution >= 4 is 40.6 Å². The lowest BCUT2D eigenvalue weighted by molar-refractivity contribution is 0.218. The van der Waals surface area contributed by atoms with Gasteiger partial charge in [0.1, 0.15) is 5.75 Å². The quantitative estimate of drug-likeness (QED) is 0.590. The first kappa shape index (κ1) is 19.1. The fourth-order valence-electron chi connectivity index (χ4n) is 2.52. The van der Waals surface area contributed by atoms with Gasteiger partial charge in [0.2, 0.25) is 0 Å². The zero-order valence-corrected chi connectivity index (χ0v) is 16.3. The Hall–Kier alpha value is -2.70. The molecule has 2 amide bonds. The molecule has 0 radical (unpaired) electrons. The number of urea groups is 1. The van der Waals surface area contributed by atoms with Gasteiger partial charge in [-0.2, -0.15) is 5.10 Å². The number of carbonyl (C=O) groups excluding carboxylic acids is 1. The molecule has 8 heteroatoms. The van der Waals surface area contributed by atoms with Crippen LogP contribution < -0.4 is 15.4 Å². The number of nitrogens with one attached hydrogen (secondary N) is 2. The van der Waals surface area contributed by atoms with Crippen molar-refractivity contribution < 1.29 is 9.53 Å². The summed E-state index contributed by atoms with van der Waals surface area (Å²) in [5.74, 6) is 0.505. The van der Waals surface area contributed by atoms with Gasteiger partial charge in [-0.15, -0.1) is 0 Å². The minimum Gasteiger partial charge on any atom is -0.470 e. The maximum absolute atomic E-state index is 12.2. The van der Waals surface area contributed by atoms with E-state index in [1.807, 2.05) is 44.2 Å². The van der Waals surface area contributed by atoms with Crippen molar-refractivity contribution in [1.82, 2.24) is 9.78 Å². The summed E-state index contributed by atoms with van der Waals surface area (Å²) >= 11 is 12.0. The summed E-state index contributed by atoms with van der Waals surface area (Å²) in [6.45, 7) is 3.82. The Labute approximate surface area is 167 Å². The van der Waals surface area contributed by atoms with Crippen LogP contribution in [0.5, 0.6) is 5.75 Å². The van der Waals surface area contributed by atoms with E-state index >= 15 is 0 Å². The van der Waals surface area contributed by atoms with Crippen LogP contribution in [0.2, 0.25) is 10.0 Å². The number of anilines is 2. The van der Waals surface area contributed by atoms with E-state index in [2.05, 4.69) is 15.7 Å². The smallest absolute Gasteiger partial charge is 0.323 e. The van der Waals surface area contributed by atoms with Crippen molar-refractivity contribution in [2.75, 3.05) is 10.6 Å². The van der Waals surface area contributed by atoms with Crippen molar-refractivity contribution in [1.29, 1.82) is 0 Å². The van der Waals surface area contributed by atoms with Crippen LogP contribution in [0.15, 0.2) is 48.5 Å². The molecular formula is C19H18Cl2N4O2. The Morgan fingerprint density at radius 1 is 1.11 bits per heavy atom.